The van der Waals surface area contributed by atoms with E-state index in [4.69, 9.17) is 9.15 Å². The van der Waals surface area contributed by atoms with E-state index >= 15 is 0 Å². The van der Waals surface area contributed by atoms with E-state index in [2.05, 4.69) is 14.9 Å². The molecule has 29 heavy (non-hydrogen) atoms. The Bertz CT molecular complexity index is 913. The zero-order valence-corrected chi connectivity index (χ0v) is 17.2. The number of hydrogen-bond acceptors (Lipinski definition) is 7. The molecule has 0 radical (unpaired) electrons. The largest absolute Gasteiger partial charge is 0.472 e. The van der Waals surface area contributed by atoms with Gasteiger partial charge in [0.15, 0.2) is 0 Å². The number of thiazole rings is 1. The Labute approximate surface area is 173 Å². The van der Waals surface area contributed by atoms with E-state index in [0.717, 1.165) is 21.8 Å². The van der Waals surface area contributed by atoms with Crippen molar-refractivity contribution in [1.29, 1.82) is 0 Å². The molecule has 1 unspecified atom stereocenters. The van der Waals surface area contributed by atoms with E-state index in [0.29, 0.717) is 39.3 Å². The van der Waals surface area contributed by atoms with Crippen LogP contribution in [0.5, 0.6) is 0 Å². The molecule has 1 aliphatic rings. The highest BCUT2D eigenvalue weighted by molar-refractivity contribution is 7.09. The molecule has 0 spiro atoms. The van der Waals surface area contributed by atoms with Gasteiger partial charge in [-0.05, 0) is 30.7 Å². The van der Waals surface area contributed by atoms with Crippen molar-refractivity contribution in [2.45, 2.75) is 32.7 Å². The van der Waals surface area contributed by atoms with Crippen LogP contribution in [-0.4, -0.2) is 51.4 Å². The van der Waals surface area contributed by atoms with Crippen LogP contribution in [0.25, 0.3) is 0 Å². The molecule has 7 nitrogen and oxygen atoms in total. The van der Waals surface area contributed by atoms with Gasteiger partial charge in [-0.3, -0.25) is 14.7 Å². The van der Waals surface area contributed by atoms with Crippen LogP contribution < -0.4 is 0 Å². The first-order valence-corrected chi connectivity index (χ1v) is 10.5. The fourth-order valence-electron chi connectivity index (χ4n) is 3.44. The molecule has 152 valence electrons. The van der Waals surface area contributed by atoms with Gasteiger partial charge in [-0.15, -0.1) is 11.3 Å². The SMILES string of the molecule is Cc1nc(CN2CC(OCc3ccncc3)CN(Cc3ccoc3)CC2=O)cs1. The molecular formula is C21H24N4O3S. The summed E-state index contributed by atoms with van der Waals surface area (Å²) in [5.41, 5.74) is 3.05. The van der Waals surface area contributed by atoms with E-state index < -0.39 is 0 Å². The lowest BCUT2D eigenvalue weighted by Crippen LogP contribution is -2.37. The van der Waals surface area contributed by atoms with Crippen LogP contribution in [0.1, 0.15) is 21.8 Å². The number of amides is 1. The Morgan fingerprint density at radius 3 is 2.79 bits per heavy atom. The summed E-state index contributed by atoms with van der Waals surface area (Å²) < 4.78 is 11.4. The summed E-state index contributed by atoms with van der Waals surface area (Å²) in [4.78, 5) is 25.5. The topological polar surface area (TPSA) is 71.7 Å². The number of rotatable bonds is 7. The minimum Gasteiger partial charge on any atom is -0.472 e. The van der Waals surface area contributed by atoms with Crippen molar-refractivity contribution in [1.82, 2.24) is 19.8 Å². The summed E-state index contributed by atoms with van der Waals surface area (Å²) in [6.07, 6.45) is 6.80. The quantitative estimate of drug-likeness (QED) is 0.594. The monoisotopic (exact) mass is 412 g/mol. The third kappa shape index (κ3) is 5.50. The van der Waals surface area contributed by atoms with E-state index in [9.17, 15) is 4.79 Å². The van der Waals surface area contributed by atoms with Gasteiger partial charge in [0.2, 0.25) is 5.91 Å². The molecule has 0 saturated carbocycles. The lowest BCUT2D eigenvalue weighted by atomic mass is 10.2. The number of nitrogens with zero attached hydrogens (tertiary/aromatic N) is 4. The van der Waals surface area contributed by atoms with Crippen molar-refractivity contribution in [3.63, 3.8) is 0 Å². The van der Waals surface area contributed by atoms with Crippen molar-refractivity contribution >= 4 is 17.2 Å². The third-order valence-electron chi connectivity index (χ3n) is 4.84. The van der Waals surface area contributed by atoms with Crippen molar-refractivity contribution in [3.8, 4) is 0 Å². The van der Waals surface area contributed by atoms with Gasteiger partial charge in [-0.2, -0.15) is 0 Å². The van der Waals surface area contributed by atoms with Crippen LogP contribution in [0.3, 0.4) is 0 Å². The molecule has 8 heteroatoms. The summed E-state index contributed by atoms with van der Waals surface area (Å²) in [5.74, 6) is 0.0918. The summed E-state index contributed by atoms with van der Waals surface area (Å²) in [6, 6.07) is 5.82. The van der Waals surface area contributed by atoms with Gasteiger partial charge >= 0.3 is 0 Å². The number of pyridine rings is 1. The summed E-state index contributed by atoms with van der Waals surface area (Å²) in [6.45, 7) is 5.20. The predicted molar refractivity (Wildman–Crippen MR) is 109 cm³/mol. The summed E-state index contributed by atoms with van der Waals surface area (Å²) in [7, 11) is 0. The van der Waals surface area contributed by atoms with Crippen LogP contribution >= 0.6 is 11.3 Å². The molecule has 3 aromatic heterocycles. The van der Waals surface area contributed by atoms with Gasteiger partial charge in [0.05, 0.1) is 49.0 Å². The maximum Gasteiger partial charge on any atom is 0.237 e. The van der Waals surface area contributed by atoms with Gasteiger partial charge in [0.25, 0.3) is 0 Å². The molecule has 1 saturated heterocycles. The minimum atomic E-state index is -0.0961. The lowest BCUT2D eigenvalue weighted by molar-refractivity contribution is -0.132. The normalized spacial score (nSPS) is 18.2. The lowest BCUT2D eigenvalue weighted by Gasteiger charge is -2.24. The van der Waals surface area contributed by atoms with Crippen LogP contribution in [0.4, 0.5) is 0 Å². The van der Waals surface area contributed by atoms with Crippen molar-refractivity contribution in [2.24, 2.45) is 0 Å². The highest BCUT2D eigenvalue weighted by atomic mass is 32.1. The van der Waals surface area contributed by atoms with Gasteiger partial charge in [0, 0.05) is 43.0 Å². The second-order valence-electron chi connectivity index (χ2n) is 7.22. The second-order valence-corrected chi connectivity index (χ2v) is 8.28. The summed E-state index contributed by atoms with van der Waals surface area (Å²) >= 11 is 1.60. The molecule has 3 aromatic rings. The molecule has 4 rings (SSSR count). The van der Waals surface area contributed by atoms with Crippen LogP contribution in [0.2, 0.25) is 0 Å². The van der Waals surface area contributed by atoms with Crippen molar-refractivity contribution in [2.75, 3.05) is 19.6 Å². The van der Waals surface area contributed by atoms with Crippen LogP contribution in [0, 0.1) is 6.92 Å². The molecule has 0 aliphatic carbocycles. The highest BCUT2D eigenvalue weighted by Crippen LogP contribution is 2.17. The van der Waals surface area contributed by atoms with E-state index in [1.54, 1.807) is 36.3 Å². The molecule has 4 heterocycles. The standard InChI is InChI=1S/C21H24N4O3S/c1-16-23-19(15-29-16)9-25-11-20(28-14-17-2-5-22-6-3-17)10-24(12-21(25)26)8-18-4-7-27-13-18/h2-7,13,15,20H,8-12,14H2,1H3. The number of ether oxygens (including phenoxy) is 1. The van der Waals surface area contributed by atoms with Gasteiger partial charge in [0.1, 0.15) is 0 Å². The second kappa shape index (κ2) is 9.30. The Morgan fingerprint density at radius 2 is 2.07 bits per heavy atom. The van der Waals surface area contributed by atoms with Gasteiger partial charge < -0.3 is 14.1 Å². The highest BCUT2D eigenvalue weighted by Gasteiger charge is 2.29. The average molecular weight is 413 g/mol. The molecule has 1 fully saturated rings. The first-order chi connectivity index (χ1) is 14.2. The van der Waals surface area contributed by atoms with E-state index in [1.165, 1.54) is 0 Å². The maximum atomic E-state index is 13.0. The fraction of sp³-hybridized carbons (Fsp3) is 0.381. The molecular weight excluding hydrogens is 388 g/mol. The summed E-state index contributed by atoms with van der Waals surface area (Å²) in [5, 5.41) is 3.03. The van der Waals surface area contributed by atoms with Gasteiger partial charge in [-0.25, -0.2) is 4.98 Å². The van der Waals surface area contributed by atoms with E-state index in [1.807, 2.05) is 35.4 Å². The van der Waals surface area contributed by atoms with Crippen LogP contribution in [0.15, 0.2) is 52.9 Å². The number of carbonyl (C=O) groups is 1. The number of hydrogen-bond donors (Lipinski definition) is 0. The maximum absolute atomic E-state index is 13.0. The molecule has 1 aliphatic heterocycles. The molecule has 1 amide bonds. The molecule has 0 N–H and O–H groups in total. The van der Waals surface area contributed by atoms with Gasteiger partial charge in [-0.1, -0.05) is 0 Å². The molecule has 0 aromatic carbocycles. The Balaban J connectivity index is 1.47. The average Bonchev–Trinajstić information content (AvgIpc) is 3.34. The Kier molecular flexibility index (Phi) is 6.33. The molecule has 1 atom stereocenters. The first-order valence-electron chi connectivity index (χ1n) is 9.58. The zero-order valence-electron chi connectivity index (χ0n) is 16.4. The minimum absolute atomic E-state index is 0.0918. The predicted octanol–water partition coefficient (Wildman–Crippen LogP) is 2.87. The van der Waals surface area contributed by atoms with Crippen molar-refractivity contribution < 1.29 is 13.9 Å². The Morgan fingerprint density at radius 1 is 1.21 bits per heavy atom. The zero-order chi connectivity index (χ0) is 20.1. The smallest absolute Gasteiger partial charge is 0.237 e. The number of furan rings is 1. The first kappa shape index (κ1) is 19.8. The number of aromatic nitrogens is 2. The Hall–Kier alpha value is -2.55. The number of aryl methyl sites for hydroxylation is 1. The molecule has 0 bridgehead atoms. The van der Waals surface area contributed by atoms with Crippen molar-refractivity contribution in [3.05, 3.63) is 70.3 Å². The van der Waals surface area contributed by atoms with Crippen LogP contribution in [-0.2, 0) is 29.2 Å². The van der Waals surface area contributed by atoms with E-state index in [-0.39, 0.29) is 12.0 Å². The fourth-order valence-corrected chi connectivity index (χ4v) is 4.04. The third-order valence-corrected chi connectivity index (χ3v) is 5.66. The number of carbonyl (C=O) groups excluding carboxylic acids is 1.